The summed E-state index contributed by atoms with van der Waals surface area (Å²) in [6.07, 6.45) is 0.750. The molecule has 0 radical (unpaired) electrons. The minimum Gasteiger partial charge on any atom is -0.366 e. The van der Waals surface area contributed by atoms with Crippen molar-refractivity contribution in [2.75, 3.05) is 14.1 Å². The molecule has 2 amide bonds. The van der Waals surface area contributed by atoms with Gasteiger partial charge in [-0.1, -0.05) is 18.2 Å². The molecule has 0 spiro atoms. The van der Waals surface area contributed by atoms with Crippen LogP contribution in [0.2, 0.25) is 0 Å². The van der Waals surface area contributed by atoms with Crippen molar-refractivity contribution < 1.29 is 9.59 Å². The molecule has 76 valence electrons. The molecule has 14 heavy (non-hydrogen) atoms. The standard InChI is InChI=1S/C7H7NO.C3H7NO/c8-7(9)6-4-2-1-3-5-6;1-4(2)3-5/h1-5H,(H2,8,9);3H,1-2H3. The average molecular weight is 194 g/mol. The summed E-state index contributed by atoms with van der Waals surface area (Å²) in [5.41, 5.74) is 5.53. The van der Waals surface area contributed by atoms with Gasteiger partial charge < -0.3 is 10.6 Å². The van der Waals surface area contributed by atoms with Crippen LogP contribution in [0.1, 0.15) is 10.4 Å². The summed E-state index contributed by atoms with van der Waals surface area (Å²) >= 11 is 0. The van der Waals surface area contributed by atoms with E-state index in [4.69, 9.17) is 5.73 Å². The van der Waals surface area contributed by atoms with Gasteiger partial charge in [0.05, 0.1) is 0 Å². The van der Waals surface area contributed by atoms with Crippen molar-refractivity contribution in [3.63, 3.8) is 0 Å². The molecule has 2 N–H and O–H groups in total. The zero-order valence-corrected chi connectivity index (χ0v) is 8.31. The molecule has 0 fully saturated rings. The molecule has 4 nitrogen and oxygen atoms in total. The first-order chi connectivity index (χ1) is 6.57. The van der Waals surface area contributed by atoms with Crippen molar-refractivity contribution >= 4 is 12.3 Å². The number of nitrogens with zero attached hydrogens (tertiary/aromatic N) is 1. The number of nitrogens with two attached hydrogens (primary N) is 1. The molecule has 0 aliphatic carbocycles. The molecule has 0 aliphatic heterocycles. The Bertz CT molecular complexity index is 283. The van der Waals surface area contributed by atoms with Crippen LogP contribution in [0.15, 0.2) is 30.3 Å². The zero-order chi connectivity index (χ0) is 11.0. The third kappa shape index (κ3) is 5.77. The quantitative estimate of drug-likeness (QED) is 0.696. The van der Waals surface area contributed by atoms with E-state index in [-0.39, 0.29) is 5.91 Å². The molecule has 0 aliphatic rings. The number of primary amides is 1. The van der Waals surface area contributed by atoms with E-state index in [2.05, 4.69) is 0 Å². The Morgan fingerprint density at radius 2 is 1.71 bits per heavy atom. The number of benzene rings is 1. The van der Waals surface area contributed by atoms with Gasteiger partial charge in [-0.2, -0.15) is 0 Å². The van der Waals surface area contributed by atoms with E-state index < -0.39 is 0 Å². The normalized spacial score (nSPS) is 8.14. The summed E-state index contributed by atoms with van der Waals surface area (Å²) in [6, 6.07) is 8.76. The summed E-state index contributed by atoms with van der Waals surface area (Å²) in [7, 11) is 3.38. The van der Waals surface area contributed by atoms with Crippen molar-refractivity contribution in [2.24, 2.45) is 5.73 Å². The highest BCUT2D eigenvalue weighted by Gasteiger charge is 1.93. The van der Waals surface area contributed by atoms with Gasteiger partial charge in [0, 0.05) is 19.7 Å². The van der Waals surface area contributed by atoms with E-state index in [0.717, 1.165) is 6.41 Å². The zero-order valence-electron chi connectivity index (χ0n) is 8.31. The van der Waals surface area contributed by atoms with Gasteiger partial charge in [0.2, 0.25) is 12.3 Å². The molecule has 0 aromatic heterocycles. The monoisotopic (exact) mass is 194 g/mol. The predicted molar refractivity (Wildman–Crippen MR) is 54.7 cm³/mol. The highest BCUT2D eigenvalue weighted by molar-refractivity contribution is 5.92. The molecular weight excluding hydrogens is 180 g/mol. The van der Waals surface area contributed by atoms with E-state index >= 15 is 0 Å². The van der Waals surface area contributed by atoms with Crippen LogP contribution >= 0.6 is 0 Å². The van der Waals surface area contributed by atoms with Crippen molar-refractivity contribution in [1.29, 1.82) is 0 Å². The van der Waals surface area contributed by atoms with Gasteiger partial charge in [0.15, 0.2) is 0 Å². The van der Waals surface area contributed by atoms with Crippen LogP contribution in [0.25, 0.3) is 0 Å². The number of amides is 2. The second-order valence-electron chi connectivity index (χ2n) is 2.80. The molecule has 0 atom stereocenters. The number of carbonyl (C=O) groups is 2. The first kappa shape index (κ1) is 12.2. The van der Waals surface area contributed by atoms with Crippen LogP contribution in [0.5, 0.6) is 0 Å². The van der Waals surface area contributed by atoms with E-state index in [0.29, 0.717) is 5.56 Å². The maximum atomic E-state index is 10.4. The van der Waals surface area contributed by atoms with Crippen LogP contribution in [0.4, 0.5) is 0 Å². The van der Waals surface area contributed by atoms with Crippen molar-refractivity contribution in [3.05, 3.63) is 35.9 Å². The van der Waals surface area contributed by atoms with Gasteiger partial charge in [-0.05, 0) is 12.1 Å². The average Bonchev–Trinajstić information content (AvgIpc) is 2.20. The summed E-state index contributed by atoms with van der Waals surface area (Å²) in [5, 5.41) is 0. The molecule has 0 bridgehead atoms. The molecule has 0 unspecified atom stereocenters. The Morgan fingerprint density at radius 1 is 1.29 bits per heavy atom. The maximum Gasteiger partial charge on any atom is 0.248 e. The second-order valence-corrected chi connectivity index (χ2v) is 2.80. The molecule has 4 heteroatoms. The van der Waals surface area contributed by atoms with Gasteiger partial charge in [0.1, 0.15) is 0 Å². The van der Waals surface area contributed by atoms with Crippen LogP contribution < -0.4 is 5.73 Å². The minimum atomic E-state index is -0.379. The van der Waals surface area contributed by atoms with Crippen molar-refractivity contribution in [3.8, 4) is 0 Å². The molecule has 1 aromatic rings. The summed E-state index contributed by atoms with van der Waals surface area (Å²) in [5.74, 6) is -0.379. The second kappa shape index (κ2) is 6.65. The number of rotatable bonds is 2. The molecule has 1 rings (SSSR count). The molecule has 0 saturated carbocycles. The molecular formula is C10H14N2O2. The lowest BCUT2D eigenvalue weighted by atomic mass is 10.2. The first-order valence-electron chi connectivity index (χ1n) is 4.04. The predicted octanol–water partition coefficient (Wildman–Crippen LogP) is 0.490. The highest BCUT2D eigenvalue weighted by Crippen LogP contribution is 1.94. The van der Waals surface area contributed by atoms with E-state index in [1.165, 1.54) is 4.90 Å². The lowest BCUT2D eigenvalue weighted by Gasteiger charge is -1.93. The fourth-order valence-corrected chi connectivity index (χ4v) is 0.602. The van der Waals surface area contributed by atoms with Gasteiger partial charge in [-0.3, -0.25) is 9.59 Å². The summed E-state index contributed by atoms with van der Waals surface area (Å²) in [6.45, 7) is 0. The Labute approximate surface area is 83.3 Å². The van der Waals surface area contributed by atoms with Gasteiger partial charge in [0.25, 0.3) is 0 Å². The Kier molecular flexibility index (Phi) is 5.78. The van der Waals surface area contributed by atoms with Crippen molar-refractivity contribution in [1.82, 2.24) is 4.90 Å². The highest BCUT2D eigenvalue weighted by atomic mass is 16.1. The van der Waals surface area contributed by atoms with Gasteiger partial charge >= 0.3 is 0 Å². The number of hydrogen-bond donors (Lipinski definition) is 1. The van der Waals surface area contributed by atoms with E-state index in [1.54, 1.807) is 38.4 Å². The third-order valence-electron chi connectivity index (χ3n) is 1.27. The smallest absolute Gasteiger partial charge is 0.248 e. The number of hydrogen-bond acceptors (Lipinski definition) is 2. The fraction of sp³-hybridized carbons (Fsp3) is 0.200. The lowest BCUT2D eigenvalue weighted by molar-refractivity contribution is -0.115. The Hall–Kier alpha value is -1.84. The van der Waals surface area contributed by atoms with Gasteiger partial charge in [-0.25, -0.2) is 0 Å². The van der Waals surface area contributed by atoms with Crippen LogP contribution in [0, 0.1) is 0 Å². The van der Waals surface area contributed by atoms with Crippen LogP contribution in [-0.2, 0) is 4.79 Å². The third-order valence-corrected chi connectivity index (χ3v) is 1.27. The van der Waals surface area contributed by atoms with Crippen molar-refractivity contribution in [2.45, 2.75) is 0 Å². The molecule has 0 heterocycles. The SMILES string of the molecule is CN(C)C=O.NC(=O)c1ccccc1. The number of carbonyl (C=O) groups excluding carboxylic acids is 2. The maximum absolute atomic E-state index is 10.4. The van der Waals surface area contributed by atoms with Crippen LogP contribution in [-0.4, -0.2) is 31.3 Å². The fourth-order valence-electron chi connectivity index (χ4n) is 0.602. The van der Waals surface area contributed by atoms with Gasteiger partial charge in [-0.15, -0.1) is 0 Å². The minimum absolute atomic E-state index is 0.379. The lowest BCUT2D eigenvalue weighted by Crippen LogP contribution is -2.09. The largest absolute Gasteiger partial charge is 0.366 e. The van der Waals surface area contributed by atoms with E-state index in [1.807, 2.05) is 6.07 Å². The summed E-state index contributed by atoms with van der Waals surface area (Å²) < 4.78 is 0. The topological polar surface area (TPSA) is 63.4 Å². The Morgan fingerprint density at radius 3 is 1.93 bits per heavy atom. The summed E-state index contributed by atoms with van der Waals surface area (Å²) in [4.78, 5) is 21.3. The van der Waals surface area contributed by atoms with E-state index in [9.17, 15) is 9.59 Å². The Balaban J connectivity index is 0.000000292. The molecule has 0 saturated heterocycles. The molecule has 1 aromatic carbocycles. The first-order valence-corrected chi connectivity index (χ1v) is 4.04. The van der Waals surface area contributed by atoms with Crippen LogP contribution in [0.3, 0.4) is 0 Å².